The molecule has 0 aliphatic carbocycles. The lowest BCUT2D eigenvalue weighted by molar-refractivity contribution is -0.0303. The second-order valence-corrected chi connectivity index (χ2v) is 8.01. The molecule has 1 aliphatic heterocycles. The first kappa shape index (κ1) is 22.3. The van der Waals surface area contributed by atoms with Gasteiger partial charge in [0.2, 0.25) is 5.88 Å². The van der Waals surface area contributed by atoms with Crippen LogP contribution in [0.3, 0.4) is 0 Å². The monoisotopic (exact) mass is 437 g/mol. The normalized spacial score (nSPS) is 16.1. The topological polar surface area (TPSA) is 76.9 Å². The van der Waals surface area contributed by atoms with Gasteiger partial charge in [0.05, 0.1) is 31.5 Å². The van der Waals surface area contributed by atoms with Gasteiger partial charge in [-0.2, -0.15) is 4.98 Å². The Morgan fingerprint density at radius 1 is 1.03 bits per heavy atom. The zero-order valence-electron chi connectivity index (χ0n) is 19.0. The molecule has 1 saturated heterocycles. The molecule has 3 aromatic rings. The highest BCUT2D eigenvalue weighted by Gasteiger charge is 2.38. The standard InChI is InChI=1S/C25H31N3O4/c1-4-31-23-21(16-26-24(27-23)32-5-2)25(29)12-14-28(15-13-25)17-20-19-9-7-6-8-18(19)10-11-22(20)30-3/h6-11,16,29H,4-5,12-15,17H2,1-3H3. The summed E-state index contributed by atoms with van der Waals surface area (Å²) >= 11 is 0. The van der Waals surface area contributed by atoms with E-state index in [9.17, 15) is 5.11 Å². The zero-order chi connectivity index (χ0) is 22.6. The number of piperidine rings is 1. The maximum atomic E-state index is 11.5. The third-order valence-corrected chi connectivity index (χ3v) is 6.07. The number of aliphatic hydroxyl groups is 1. The summed E-state index contributed by atoms with van der Waals surface area (Å²) in [5.41, 5.74) is 0.773. The van der Waals surface area contributed by atoms with Crippen molar-refractivity contribution in [2.24, 2.45) is 0 Å². The summed E-state index contributed by atoms with van der Waals surface area (Å²) in [4.78, 5) is 11.0. The Bertz CT molecular complexity index is 1060. The molecule has 7 heteroatoms. The van der Waals surface area contributed by atoms with Gasteiger partial charge in [-0.05, 0) is 43.5 Å². The van der Waals surface area contributed by atoms with Crippen LogP contribution in [0.1, 0.15) is 37.8 Å². The van der Waals surface area contributed by atoms with E-state index in [4.69, 9.17) is 14.2 Å². The van der Waals surface area contributed by atoms with Gasteiger partial charge in [0.15, 0.2) is 0 Å². The fourth-order valence-electron chi connectivity index (χ4n) is 4.36. The maximum Gasteiger partial charge on any atom is 0.319 e. The number of hydrogen-bond acceptors (Lipinski definition) is 7. The molecular weight excluding hydrogens is 406 g/mol. The molecule has 1 aliphatic rings. The van der Waals surface area contributed by atoms with E-state index in [1.807, 2.05) is 19.9 Å². The van der Waals surface area contributed by atoms with Gasteiger partial charge in [0, 0.05) is 31.4 Å². The van der Waals surface area contributed by atoms with Gasteiger partial charge in [0.25, 0.3) is 0 Å². The van der Waals surface area contributed by atoms with Crippen molar-refractivity contribution in [2.45, 2.75) is 38.8 Å². The van der Waals surface area contributed by atoms with Crippen LogP contribution in [0, 0.1) is 0 Å². The van der Waals surface area contributed by atoms with E-state index in [0.717, 1.165) is 25.4 Å². The van der Waals surface area contributed by atoms with E-state index in [1.165, 1.54) is 16.3 Å². The minimum Gasteiger partial charge on any atom is -0.496 e. The third kappa shape index (κ3) is 4.49. The van der Waals surface area contributed by atoms with Gasteiger partial charge in [-0.25, -0.2) is 4.98 Å². The predicted octanol–water partition coefficient (Wildman–Crippen LogP) is 3.92. The Balaban J connectivity index is 1.53. The van der Waals surface area contributed by atoms with Crippen LogP contribution >= 0.6 is 0 Å². The minimum atomic E-state index is -1.03. The van der Waals surface area contributed by atoms with E-state index in [-0.39, 0.29) is 6.01 Å². The Kier molecular flexibility index (Phi) is 6.77. The molecule has 170 valence electrons. The molecule has 2 aromatic carbocycles. The molecule has 0 bridgehead atoms. The van der Waals surface area contributed by atoms with Crippen LogP contribution in [-0.4, -0.2) is 53.4 Å². The number of ether oxygens (including phenoxy) is 3. The lowest BCUT2D eigenvalue weighted by atomic mass is 9.85. The fourth-order valence-corrected chi connectivity index (χ4v) is 4.36. The Morgan fingerprint density at radius 3 is 2.50 bits per heavy atom. The molecular formula is C25H31N3O4. The summed E-state index contributed by atoms with van der Waals surface area (Å²) < 4.78 is 16.8. The summed E-state index contributed by atoms with van der Waals surface area (Å²) in [5.74, 6) is 1.29. The molecule has 0 amide bonds. The van der Waals surface area contributed by atoms with Crippen LogP contribution in [-0.2, 0) is 12.1 Å². The second-order valence-electron chi connectivity index (χ2n) is 8.01. The molecule has 4 rings (SSSR count). The number of aromatic nitrogens is 2. The molecule has 0 atom stereocenters. The quantitative estimate of drug-likeness (QED) is 0.572. The summed E-state index contributed by atoms with van der Waals surface area (Å²) in [5, 5.41) is 13.9. The Hall–Kier alpha value is -2.90. The number of fused-ring (bicyclic) bond motifs is 1. The van der Waals surface area contributed by atoms with E-state index in [0.29, 0.717) is 37.5 Å². The third-order valence-electron chi connectivity index (χ3n) is 6.07. The second kappa shape index (κ2) is 9.71. The van der Waals surface area contributed by atoms with E-state index in [2.05, 4.69) is 45.2 Å². The first-order valence-corrected chi connectivity index (χ1v) is 11.2. The molecule has 1 aromatic heterocycles. The van der Waals surface area contributed by atoms with Gasteiger partial charge in [-0.3, -0.25) is 4.90 Å². The fraction of sp³-hybridized carbons (Fsp3) is 0.440. The first-order chi connectivity index (χ1) is 15.6. The van der Waals surface area contributed by atoms with E-state index >= 15 is 0 Å². The molecule has 7 nitrogen and oxygen atoms in total. The van der Waals surface area contributed by atoms with Crippen LogP contribution in [0.5, 0.6) is 17.6 Å². The first-order valence-electron chi connectivity index (χ1n) is 11.2. The van der Waals surface area contributed by atoms with E-state index < -0.39 is 5.60 Å². The summed E-state index contributed by atoms with van der Waals surface area (Å²) in [6.07, 6.45) is 2.78. The van der Waals surface area contributed by atoms with Crippen molar-refractivity contribution in [3.63, 3.8) is 0 Å². The predicted molar refractivity (Wildman–Crippen MR) is 123 cm³/mol. The number of likely N-dealkylation sites (tertiary alicyclic amines) is 1. The van der Waals surface area contributed by atoms with Crippen LogP contribution < -0.4 is 14.2 Å². The molecule has 0 saturated carbocycles. The number of hydrogen-bond donors (Lipinski definition) is 1. The van der Waals surface area contributed by atoms with Crippen molar-refractivity contribution in [1.29, 1.82) is 0 Å². The maximum absolute atomic E-state index is 11.5. The SMILES string of the molecule is CCOc1ncc(C2(O)CCN(Cc3c(OC)ccc4ccccc34)CC2)c(OCC)n1. The van der Waals surface area contributed by atoms with Crippen LogP contribution in [0.25, 0.3) is 10.8 Å². The van der Waals surface area contributed by atoms with Crippen molar-refractivity contribution < 1.29 is 19.3 Å². The van der Waals surface area contributed by atoms with Crippen molar-refractivity contribution in [2.75, 3.05) is 33.4 Å². The van der Waals surface area contributed by atoms with Gasteiger partial charge >= 0.3 is 6.01 Å². The molecule has 0 unspecified atom stereocenters. The molecule has 0 radical (unpaired) electrons. The van der Waals surface area contributed by atoms with Crippen molar-refractivity contribution in [3.8, 4) is 17.6 Å². The molecule has 1 fully saturated rings. The van der Waals surface area contributed by atoms with Crippen LogP contribution in [0.2, 0.25) is 0 Å². The van der Waals surface area contributed by atoms with Crippen molar-refractivity contribution >= 4 is 10.8 Å². The van der Waals surface area contributed by atoms with Gasteiger partial charge in [0.1, 0.15) is 5.75 Å². The molecule has 1 N–H and O–H groups in total. The lowest BCUT2D eigenvalue weighted by Crippen LogP contribution is -2.42. The van der Waals surface area contributed by atoms with Crippen LogP contribution in [0.4, 0.5) is 0 Å². The van der Waals surface area contributed by atoms with Crippen molar-refractivity contribution in [1.82, 2.24) is 14.9 Å². The van der Waals surface area contributed by atoms with Gasteiger partial charge < -0.3 is 19.3 Å². The largest absolute Gasteiger partial charge is 0.496 e. The molecule has 0 spiro atoms. The summed E-state index contributed by atoms with van der Waals surface area (Å²) in [7, 11) is 1.71. The lowest BCUT2D eigenvalue weighted by Gasteiger charge is -2.38. The number of methoxy groups -OCH3 is 1. The number of rotatable bonds is 8. The number of nitrogens with zero attached hydrogens (tertiary/aromatic N) is 3. The molecule has 32 heavy (non-hydrogen) atoms. The highest BCUT2D eigenvalue weighted by Crippen LogP contribution is 2.39. The smallest absolute Gasteiger partial charge is 0.319 e. The zero-order valence-corrected chi connectivity index (χ0v) is 19.0. The Labute approximate surface area is 189 Å². The van der Waals surface area contributed by atoms with Gasteiger partial charge in [-0.15, -0.1) is 0 Å². The average molecular weight is 438 g/mol. The van der Waals surface area contributed by atoms with Crippen LogP contribution in [0.15, 0.2) is 42.6 Å². The highest BCUT2D eigenvalue weighted by molar-refractivity contribution is 5.87. The minimum absolute atomic E-state index is 0.267. The van der Waals surface area contributed by atoms with E-state index in [1.54, 1.807) is 13.3 Å². The van der Waals surface area contributed by atoms with Gasteiger partial charge in [-0.1, -0.05) is 30.3 Å². The summed E-state index contributed by atoms with van der Waals surface area (Å²) in [6, 6.07) is 12.8. The summed E-state index contributed by atoms with van der Waals surface area (Å²) in [6.45, 7) is 6.95. The van der Waals surface area contributed by atoms with Crippen molar-refractivity contribution in [3.05, 3.63) is 53.7 Å². The Morgan fingerprint density at radius 2 is 1.78 bits per heavy atom. The number of benzene rings is 2. The molecule has 2 heterocycles. The average Bonchev–Trinajstić information content (AvgIpc) is 2.81. The highest BCUT2D eigenvalue weighted by atomic mass is 16.5.